The molecule has 1 N–H and O–H groups in total. The molecule has 0 unspecified atom stereocenters. The van der Waals surface area contributed by atoms with Crippen LogP contribution in [-0.4, -0.2) is 35.5 Å². The van der Waals surface area contributed by atoms with Gasteiger partial charge in [-0.1, -0.05) is 53.4 Å². The maximum atomic E-state index is 12.7. The molecule has 2 aromatic carbocycles. The highest BCUT2D eigenvalue weighted by atomic mass is 32.2. The predicted molar refractivity (Wildman–Crippen MR) is 114 cm³/mol. The van der Waals surface area contributed by atoms with Crippen molar-refractivity contribution >= 4 is 45.5 Å². The van der Waals surface area contributed by atoms with Crippen LogP contribution in [0.4, 0.5) is 16.5 Å². The highest BCUT2D eigenvalue weighted by Crippen LogP contribution is 2.32. The van der Waals surface area contributed by atoms with Gasteiger partial charge in [-0.2, -0.15) is 0 Å². The second-order valence-electron chi connectivity index (χ2n) is 6.26. The largest absolute Gasteiger partial charge is 0.495 e. The minimum atomic E-state index is 0.103. The number of anilines is 3. The molecule has 0 bridgehead atoms. The Balaban J connectivity index is 1.38. The SMILES string of the molecule is COc1ccccc1Nc1nnc(SCC(=O)N2CCCc3ccccc32)s1. The number of hydrogen-bond acceptors (Lipinski definition) is 7. The third-order valence-electron chi connectivity index (χ3n) is 4.49. The molecule has 0 aliphatic carbocycles. The van der Waals surface area contributed by atoms with Crippen molar-refractivity contribution in [3.63, 3.8) is 0 Å². The van der Waals surface area contributed by atoms with Gasteiger partial charge in [-0.05, 0) is 36.6 Å². The summed E-state index contributed by atoms with van der Waals surface area (Å²) < 4.78 is 6.10. The molecule has 1 aromatic heterocycles. The molecular formula is C20H20N4O2S2. The van der Waals surface area contributed by atoms with E-state index in [1.54, 1.807) is 7.11 Å². The van der Waals surface area contributed by atoms with Crippen molar-refractivity contribution in [2.75, 3.05) is 29.6 Å². The number of para-hydroxylation sites is 3. The highest BCUT2D eigenvalue weighted by Gasteiger charge is 2.22. The Bertz CT molecular complexity index is 976. The summed E-state index contributed by atoms with van der Waals surface area (Å²) in [6.45, 7) is 0.771. The van der Waals surface area contributed by atoms with Crippen LogP contribution in [-0.2, 0) is 11.2 Å². The number of benzene rings is 2. The van der Waals surface area contributed by atoms with Crippen molar-refractivity contribution in [1.82, 2.24) is 10.2 Å². The van der Waals surface area contributed by atoms with E-state index in [0.717, 1.165) is 40.9 Å². The number of carbonyl (C=O) groups is 1. The summed E-state index contributed by atoms with van der Waals surface area (Å²) in [5.41, 5.74) is 3.11. The van der Waals surface area contributed by atoms with Crippen LogP contribution in [0.2, 0.25) is 0 Å². The van der Waals surface area contributed by atoms with Gasteiger partial charge >= 0.3 is 0 Å². The van der Waals surface area contributed by atoms with Crippen molar-refractivity contribution < 1.29 is 9.53 Å². The van der Waals surface area contributed by atoms with Crippen LogP contribution < -0.4 is 15.0 Å². The van der Waals surface area contributed by atoms with Crippen molar-refractivity contribution in [1.29, 1.82) is 0 Å². The smallest absolute Gasteiger partial charge is 0.237 e. The van der Waals surface area contributed by atoms with Crippen LogP contribution in [0.15, 0.2) is 52.9 Å². The fraction of sp³-hybridized carbons (Fsp3) is 0.250. The maximum absolute atomic E-state index is 12.7. The lowest BCUT2D eigenvalue weighted by atomic mass is 10.0. The Morgan fingerprint density at radius 2 is 2.04 bits per heavy atom. The van der Waals surface area contributed by atoms with Gasteiger partial charge in [0, 0.05) is 12.2 Å². The normalized spacial score (nSPS) is 13.1. The quantitative estimate of drug-likeness (QED) is 0.607. The van der Waals surface area contributed by atoms with Gasteiger partial charge < -0.3 is 15.0 Å². The zero-order chi connectivity index (χ0) is 19.3. The summed E-state index contributed by atoms with van der Waals surface area (Å²) in [5, 5.41) is 12.2. The summed E-state index contributed by atoms with van der Waals surface area (Å²) in [5.74, 6) is 1.19. The first-order valence-corrected chi connectivity index (χ1v) is 10.8. The van der Waals surface area contributed by atoms with Crippen LogP contribution in [0.5, 0.6) is 5.75 Å². The molecule has 0 saturated carbocycles. The number of rotatable bonds is 6. The van der Waals surface area contributed by atoms with Gasteiger partial charge in [-0.3, -0.25) is 4.79 Å². The molecule has 0 spiro atoms. The van der Waals surface area contributed by atoms with Crippen molar-refractivity contribution in [2.24, 2.45) is 0 Å². The third-order valence-corrected chi connectivity index (χ3v) is 6.44. The van der Waals surface area contributed by atoms with E-state index in [1.165, 1.54) is 28.7 Å². The fourth-order valence-corrected chi connectivity index (χ4v) is 4.82. The molecule has 28 heavy (non-hydrogen) atoms. The lowest BCUT2D eigenvalue weighted by Crippen LogP contribution is -2.36. The standard InChI is InChI=1S/C20H20N4O2S2/c1-26-17-11-5-3-9-15(17)21-19-22-23-20(28-19)27-13-18(25)24-12-6-8-14-7-2-4-10-16(14)24/h2-5,7,9-11H,6,8,12-13H2,1H3,(H,21,22). The minimum Gasteiger partial charge on any atom is -0.495 e. The summed E-state index contributed by atoms with van der Waals surface area (Å²) in [4.78, 5) is 14.6. The van der Waals surface area contributed by atoms with Gasteiger partial charge in [0.2, 0.25) is 11.0 Å². The van der Waals surface area contributed by atoms with Gasteiger partial charge in [-0.25, -0.2) is 0 Å². The first-order valence-electron chi connectivity index (χ1n) is 8.99. The van der Waals surface area contributed by atoms with Crippen LogP contribution in [0, 0.1) is 0 Å². The van der Waals surface area contributed by atoms with E-state index in [1.807, 2.05) is 47.4 Å². The maximum Gasteiger partial charge on any atom is 0.237 e. The average molecular weight is 413 g/mol. The fourth-order valence-electron chi connectivity index (χ4n) is 3.18. The number of aromatic nitrogens is 2. The number of hydrogen-bond donors (Lipinski definition) is 1. The first kappa shape index (κ1) is 18.8. The van der Waals surface area contributed by atoms with E-state index in [2.05, 4.69) is 21.6 Å². The van der Waals surface area contributed by atoms with E-state index < -0.39 is 0 Å². The highest BCUT2D eigenvalue weighted by molar-refractivity contribution is 8.01. The lowest BCUT2D eigenvalue weighted by molar-refractivity contribution is -0.116. The van der Waals surface area contributed by atoms with Gasteiger partial charge in [0.1, 0.15) is 5.75 Å². The first-order chi connectivity index (χ1) is 13.7. The number of nitrogens with zero attached hydrogens (tertiary/aromatic N) is 3. The van der Waals surface area contributed by atoms with E-state index in [-0.39, 0.29) is 5.91 Å². The van der Waals surface area contributed by atoms with Gasteiger partial charge in [0.05, 0.1) is 18.6 Å². The molecular weight excluding hydrogens is 392 g/mol. The Labute approximate surface area is 171 Å². The molecule has 6 nitrogen and oxygen atoms in total. The second-order valence-corrected chi connectivity index (χ2v) is 8.46. The number of carbonyl (C=O) groups excluding carboxylic acids is 1. The zero-order valence-electron chi connectivity index (χ0n) is 15.4. The van der Waals surface area contributed by atoms with Crippen molar-refractivity contribution in [3.05, 3.63) is 54.1 Å². The molecule has 1 aliphatic heterocycles. The Morgan fingerprint density at radius 3 is 2.93 bits per heavy atom. The summed E-state index contributed by atoms with van der Waals surface area (Å²) in [7, 11) is 1.63. The molecule has 8 heteroatoms. The molecule has 0 saturated heterocycles. The van der Waals surface area contributed by atoms with Crippen LogP contribution in [0.1, 0.15) is 12.0 Å². The third kappa shape index (κ3) is 4.13. The lowest BCUT2D eigenvalue weighted by Gasteiger charge is -2.29. The molecule has 0 radical (unpaired) electrons. The van der Waals surface area contributed by atoms with Gasteiger partial charge in [0.15, 0.2) is 4.34 Å². The number of ether oxygens (including phenoxy) is 1. The van der Waals surface area contributed by atoms with E-state index >= 15 is 0 Å². The summed E-state index contributed by atoms with van der Waals surface area (Å²) >= 11 is 2.85. The van der Waals surface area contributed by atoms with Crippen LogP contribution in [0.25, 0.3) is 0 Å². The number of methoxy groups -OCH3 is 1. The summed E-state index contributed by atoms with van der Waals surface area (Å²) in [6, 6.07) is 15.8. The predicted octanol–water partition coefficient (Wildman–Crippen LogP) is 4.36. The number of fused-ring (bicyclic) bond motifs is 1. The Kier molecular flexibility index (Phi) is 5.78. The van der Waals surface area contributed by atoms with E-state index in [0.29, 0.717) is 10.9 Å². The monoisotopic (exact) mass is 412 g/mol. The number of aryl methyl sites for hydroxylation is 1. The van der Waals surface area contributed by atoms with E-state index in [4.69, 9.17) is 4.74 Å². The number of amides is 1. The molecule has 0 fully saturated rings. The van der Waals surface area contributed by atoms with Crippen molar-refractivity contribution in [3.8, 4) is 5.75 Å². The summed E-state index contributed by atoms with van der Waals surface area (Å²) in [6.07, 6.45) is 2.03. The molecule has 2 heterocycles. The van der Waals surface area contributed by atoms with Gasteiger partial charge in [-0.15, -0.1) is 10.2 Å². The zero-order valence-corrected chi connectivity index (χ0v) is 17.1. The van der Waals surface area contributed by atoms with E-state index in [9.17, 15) is 4.79 Å². The second kappa shape index (κ2) is 8.62. The molecule has 0 atom stereocenters. The number of nitrogens with one attached hydrogen (secondary N) is 1. The topological polar surface area (TPSA) is 67.3 Å². The minimum absolute atomic E-state index is 0.103. The molecule has 1 aliphatic rings. The number of thioether (sulfide) groups is 1. The molecule has 144 valence electrons. The Morgan fingerprint density at radius 1 is 1.21 bits per heavy atom. The van der Waals surface area contributed by atoms with Crippen LogP contribution >= 0.6 is 23.1 Å². The van der Waals surface area contributed by atoms with Crippen molar-refractivity contribution in [2.45, 2.75) is 17.2 Å². The molecule has 3 aromatic rings. The molecule has 1 amide bonds. The average Bonchev–Trinajstić information content (AvgIpc) is 3.19. The van der Waals surface area contributed by atoms with Crippen LogP contribution in [0.3, 0.4) is 0 Å². The van der Waals surface area contributed by atoms with Gasteiger partial charge in [0.25, 0.3) is 0 Å². The molecule has 4 rings (SSSR count). The Hall–Kier alpha value is -2.58.